The Bertz CT molecular complexity index is 702. The van der Waals surface area contributed by atoms with Crippen LogP contribution in [0.3, 0.4) is 0 Å². The van der Waals surface area contributed by atoms with Gasteiger partial charge in [0.05, 0.1) is 5.41 Å². The molecule has 2 aromatic rings. The Morgan fingerprint density at radius 3 is 1.96 bits per heavy atom. The van der Waals surface area contributed by atoms with E-state index in [1.807, 2.05) is 32.9 Å². The average molecular weight is 336 g/mol. The molecular formula is C23H28O2. The second-order valence-electron chi connectivity index (χ2n) is 8.17. The van der Waals surface area contributed by atoms with E-state index < -0.39 is 5.41 Å². The van der Waals surface area contributed by atoms with Crippen LogP contribution in [0, 0.1) is 5.41 Å². The number of rotatable bonds is 3. The molecule has 2 heteroatoms. The first-order valence-corrected chi connectivity index (χ1v) is 9.30. The Kier molecular flexibility index (Phi) is 4.99. The van der Waals surface area contributed by atoms with E-state index in [1.54, 1.807) is 0 Å². The van der Waals surface area contributed by atoms with Crippen molar-refractivity contribution in [2.24, 2.45) is 5.41 Å². The molecule has 0 N–H and O–H groups in total. The molecular weight excluding hydrogens is 308 g/mol. The molecule has 0 saturated heterocycles. The number of carbonyl (C=O) groups is 1. The zero-order valence-electron chi connectivity index (χ0n) is 15.5. The summed E-state index contributed by atoms with van der Waals surface area (Å²) in [5.74, 6) is 0.429. The van der Waals surface area contributed by atoms with Gasteiger partial charge >= 0.3 is 5.97 Å². The second-order valence-corrected chi connectivity index (χ2v) is 8.17. The molecule has 0 unspecified atom stereocenters. The molecule has 0 radical (unpaired) electrons. The lowest BCUT2D eigenvalue weighted by Crippen LogP contribution is -2.30. The van der Waals surface area contributed by atoms with Crippen molar-refractivity contribution in [2.45, 2.75) is 58.3 Å². The van der Waals surface area contributed by atoms with E-state index in [0.717, 1.165) is 0 Å². The van der Waals surface area contributed by atoms with E-state index in [2.05, 4.69) is 42.5 Å². The van der Waals surface area contributed by atoms with Gasteiger partial charge in [-0.2, -0.15) is 0 Å². The van der Waals surface area contributed by atoms with Gasteiger partial charge in [0, 0.05) is 5.41 Å². The largest absolute Gasteiger partial charge is 0.426 e. The number of hydrogen-bond acceptors (Lipinski definition) is 2. The number of hydrogen-bond donors (Lipinski definition) is 0. The van der Waals surface area contributed by atoms with Crippen molar-refractivity contribution in [3.63, 3.8) is 0 Å². The highest BCUT2D eigenvalue weighted by atomic mass is 16.5. The van der Waals surface area contributed by atoms with Crippen LogP contribution in [0.4, 0.5) is 0 Å². The van der Waals surface area contributed by atoms with Crippen molar-refractivity contribution in [3.8, 4) is 5.75 Å². The zero-order chi connectivity index (χ0) is 17.9. The quantitative estimate of drug-likeness (QED) is 0.516. The molecule has 0 aliphatic heterocycles. The van der Waals surface area contributed by atoms with Gasteiger partial charge in [0.15, 0.2) is 0 Å². The summed E-state index contributed by atoms with van der Waals surface area (Å²) in [5.41, 5.74) is 2.32. The first-order chi connectivity index (χ1) is 11.9. The first kappa shape index (κ1) is 17.7. The standard InChI is InChI=1S/C23H28O2/c1-22(2,3)21(24)25-20-14-12-19(13-15-20)23(16-8-5-9-17-23)18-10-6-4-7-11-18/h4,6-7,10-15H,5,8-9,16-17H2,1-3H3. The summed E-state index contributed by atoms with van der Waals surface area (Å²) in [5, 5.41) is 0. The normalized spacial score (nSPS) is 17.1. The maximum atomic E-state index is 12.1. The third-order valence-corrected chi connectivity index (χ3v) is 5.26. The van der Waals surface area contributed by atoms with Gasteiger partial charge in [-0.25, -0.2) is 0 Å². The Labute approximate surface area is 151 Å². The van der Waals surface area contributed by atoms with Crippen molar-refractivity contribution in [1.29, 1.82) is 0 Å². The highest BCUT2D eigenvalue weighted by molar-refractivity contribution is 5.77. The van der Waals surface area contributed by atoms with Crippen LogP contribution >= 0.6 is 0 Å². The van der Waals surface area contributed by atoms with Crippen LogP contribution in [0.25, 0.3) is 0 Å². The van der Waals surface area contributed by atoms with Crippen molar-refractivity contribution >= 4 is 5.97 Å². The number of esters is 1. The molecule has 0 heterocycles. The maximum absolute atomic E-state index is 12.1. The van der Waals surface area contributed by atoms with E-state index >= 15 is 0 Å². The Hall–Kier alpha value is -2.09. The third-order valence-electron chi connectivity index (χ3n) is 5.26. The SMILES string of the molecule is CC(C)(C)C(=O)Oc1ccc(C2(c3ccccc3)CCCCC2)cc1. The lowest BCUT2D eigenvalue weighted by molar-refractivity contribution is -0.142. The van der Waals surface area contributed by atoms with Gasteiger partial charge in [-0.1, -0.05) is 61.7 Å². The van der Waals surface area contributed by atoms with Crippen molar-refractivity contribution in [1.82, 2.24) is 0 Å². The molecule has 0 amide bonds. The van der Waals surface area contributed by atoms with Crippen LogP contribution in [-0.2, 0) is 10.2 Å². The minimum absolute atomic E-state index is 0.0894. The van der Waals surface area contributed by atoms with Crippen molar-refractivity contribution < 1.29 is 9.53 Å². The van der Waals surface area contributed by atoms with Crippen molar-refractivity contribution in [3.05, 3.63) is 65.7 Å². The van der Waals surface area contributed by atoms with Gasteiger partial charge in [0.1, 0.15) is 5.75 Å². The van der Waals surface area contributed by atoms with E-state index in [4.69, 9.17) is 4.74 Å². The molecule has 2 aromatic carbocycles. The molecule has 1 fully saturated rings. The average Bonchev–Trinajstić information content (AvgIpc) is 2.63. The molecule has 0 atom stereocenters. The number of carbonyl (C=O) groups excluding carboxylic acids is 1. The molecule has 1 aliphatic rings. The van der Waals surface area contributed by atoms with Crippen LogP contribution in [0.2, 0.25) is 0 Å². The molecule has 1 saturated carbocycles. The fourth-order valence-corrected chi connectivity index (χ4v) is 3.76. The Balaban J connectivity index is 1.89. The number of benzene rings is 2. The molecule has 3 rings (SSSR count). The minimum atomic E-state index is -0.493. The van der Waals surface area contributed by atoms with Gasteiger partial charge in [-0.15, -0.1) is 0 Å². The van der Waals surface area contributed by atoms with Gasteiger partial charge in [0.2, 0.25) is 0 Å². The van der Waals surface area contributed by atoms with E-state index in [0.29, 0.717) is 5.75 Å². The second kappa shape index (κ2) is 7.03. The fraction of sp³-hybridized carbons (Fsp3) is 0.435. The molecule has 0 spiro atoms. The molecule has 132 valence electrons. The van der Waals surface area contributed by atoms with Gasteiger partial charge < -0.3 is 4.74 Å². The predicted octanol–water partition coefficient (Wildman–Crippen LogP) is 5.89. The number of ether oxygens (including phenoxy) is 1. The summed E-state index contributed by atoms with van der Waals surface area (Å²) in [7, 11) is 0. The van der Waals surface area contributed by atoms with Crippen LogP contribution in [-0.4, -0.2) is 5.97 Å². The first-order valence-electron chi connectivity index (χ1n) is 9.30. The Morgan fingerprint density at radius 2 is 1.40 bits per heavy atom. The summed E-state index contributed by atoms with van der Waals surface area (Å²) in [6, 6.07) is 19.0. The van der Waals surface area contributed by atoms with Gasteiger partial charge in [0.25, 0.3) is 0 Å². The van der Waals surface area contributed by atoms with Crippen LogP contribution in [0.5, 0.6) is 5.75 Å². The van der Waals surface area contributed by atoms with E-state index in [1.165, 1.54) is 43.2 Å². The molecule has 0 bridgehead atoms. The molecule has 0 aromatic heterocycles. The molecule has 1 aliphatic carbocycles. The summed E-state index contributed by atoms with van der Waals surface area (Å²) in [4.78, 5) is 12.1. The lowest BCUT2D eigenvalue weighted by atomic mass is 9.65. The van der Waals surface area contributed by atoms with Gasteiger partial charge in [-0.3, -0.25) is 4.79 Å². The summed E-state index contributed by atoms with van der Waals surface area (Å²) in [6.45, 7) is 5.61. The highest BCUT2D eigenvalue weighted by Crippen LogP contribution is 2.45. The summed E-state index contributed by atoms with van der Waals surface area (Å²) in [6.07, 6.45) is 6.19. The monoisotopic (exact) mass is 336 g/mol. The summed E-state index contributed by atoms with van der Waals surface area (Å²) < 4.78 is 5.52. The smallest absolute Gasteiger partial charge is 0.316 e. The van der Waals surface area contributed by atoms with Crippen LogP contribution in [0.15, 0.2) is 54.6 Å². The zero-order valence-corrected chi connectivity index (χ0v) is 15.5. The maximum Gasteiger partial charge on any atom is 0.316 e. The van der Waals surface area contributed by atoms with Crippen LogP contribution < -0.4 is 4.74 Å². The highest BCUT2D eigenvalue weighted by Gasteiger charge is 2.35. The molecule has 2 nitrogen and oxygen atoms in total. The van der Waals surface area contributed by atoms with Gasteiger partial charge in [-0.05, 0) is 56.9 Å². The third kappa shape index (κ3) is 3.78. The minimum Gasteiger partial charge on any atom is -0.426 e. The topological polar surface area (TPSA) is 26.3 Å². The Morgan fingerprint density at radius 1 is 0.840 bits per heavy atom. The van der Waals surface area contributed by atoms with Crippen molar-refractivity contribution in [2.75, 3.05) is 0 Å². The predicted molar refractivity (Wildman–Crippen MR) is 102 cm³/mol. The summed E-state index contributed by atoms with van der Waals surface area (Å²) >= 11 is 0. The lowest BCUT2D eigenvalue weighted by Gasteiger charge is -2.38. The molecule has 25 heavy (non-hydrogen) atoms. The fourth-order valence-electron chi connectivity index (χ4n) is 3.76. The van der Waals surface area contributed by atoms with E-state index in [9.17, 15) is 4.79 Å². The van der Waals surface area contributed by atoms with Crippen LogP contribution in [0.1, 0.15) is 64.0 Å². The van der Waals surface area contributed by atoms with E-state index in [-0.39, 0.29) is 11.4 Å².